The lowest BCUT2D eigenvalue weighted by molar-refractivity contribution is 0.673. The van der Waals surface area contributed by atoms with E-state index < -0.39 is 0 Å². The van der Waals surface area contributed by atoms with Crippen molar-refractivity contribution in [2.45, 2.75) is 12.8 Å². The van der Waals surface area contributed by atoms with Gasteiger partial charge in [0.05, 0.1) is 16.4 Å². The van der Waals surface area contributed by atoms with Gasteiger partial charge in [0.2, 0.25) is 0 Å². The Bertz CT molecular complexity index is 2070. The minimum absolute atomic E-state index is 0.927. The Morgan fingerprint density at radius 3 is 2.24 bits per heavy atom. The maximum absolute atomic E-state index is 6.50. The molecule has 0 N–H and O–H groups in total. The maximum atomic E-state index is 6.50. The number of benzene rings is 5. The van der Waals surface area contributed by atoms with Crippen LogP contribution in [0.25, 0.3) is 66.1 Å². The minimum atomic E-state index is 0.927. The quantitative estimate of drug-likeness (QED) is 0.242. The first-order chi connectivity index (χ1) is 18.8. The third kappa shape index (κ3) is 3.20. The molecule has 0 fully saturated rings. The van der Waals surface area contributed by atoms with Gasteiger partial charge in [-0.2, -0.15) is 0 Å². The molecule has 0 amide bonds. The van der Waals surface area contributed by atoms with E-state index in [1.54, 1.807) is 0 Å². The Hall–Kier alpha value is -4.82. The van der Waals surface area contributed by atoms with E-state index in [0.29, 0.717) is 0 Å². The summed E-state index contributed by atoms with van der Waals surface area (Å²) in [7, 11) is 0. The van der Waals surface area contributed by atoms with Crippen molar-refractivity contribution in [1.29, 1.82) is 0 Å². The van der Waals surface area contributed by atoms with Gasteiger partial charge in [0.1, 0.15) is 11.2 Å². The second kappa shape index (κ2) is 8.36. The number of nitrogens with zero attached hydrogens (tertiary/aromatic N) is 1. The van der Waals surface area contributed by atoms with Crippen molar-refractivity contribution >= 4 is 49.3 Å². The molecule has 180 valence electrons. The number of rotatable bonds is 3. The molecule has 2 aromatic heterocycles. The van der Waals surface area contributed by atoms with Crippen LogP contribution in [0.4, 0.5) is 0 Å². The molecule has 0 saturated carbocycles. The van der Waals surface area contributed by atoms with E-state index in [0.717, 1.165) is 51.4 Å². The Kier molecular flexibility index (Phi) is 4.68. The molecule has 1 aliphatic carbocycles. The van der Waals surface area contributed by atoms with Gasteiger partial charge in [-0.15, -0.1) is 0 Å². The van der Waals surface area contributed by atoms with Crippen LogP contribution in [0.15, 0.2) is 132 Å². The predicted molar refractivity (Wildman–Crippen MR) is 160 cm³/mol. The molecule has 0 spiro atoms. The summed E-state index contributed by atoms with van der Waals surface area (Å²) < 4.78 is 8.91. The van der Waals surface area contributed by atoms with E-state index >= 15 is 0 Å². The molecule has 7 aromatic rings. The molecule has 0 bridgehead atoms. The fourth-order valence-electron chi connectivity index (χ4n) is 6.04. The maximum Gasteiger partial charge on any atom is 0.145 e. The molecular formula is C36H25NO. The molecule has 2 nitrogen and oxygen atoms in total. The molecule has 0 aliphatic heterocycles. The van der Waals surface area contributed by atoms with Crippen LogP contribution in [0.3, 0.4) is 0 Å². The van der Waals surface area contributed by atoms with Gasteiger partial charge < -0.3 is 8.98 Å². The van der Waals surface area contributed by atoms with Crippen molar-refractivity contribution in [1.82, 2.24) is 4.57 Å². The van der Waals surface area contributed by atoms with Crippen molar-refractivity contribution in [2.24, 2.45) is 0 Å². The Morgan fingerprint density at radius 1 is 0.579 bits per heavy atom. The first-order valence-corrected chi connectivity index (χ1v) is 13.3. The van der Waals surface area contributed by atoms with Crippen LogP contribution in [0.5, 0.6) is 0 Å². The van der Waals surface area contributed by atoms with Crippen molar-refractivity contribution in [2.75, 3.05) is 0 Å². The number of aromatic nitrogens is 1. The van der Waals surface area contributed by atoms with E-state index in [4.69, 9.17) is 4.42 Å². The zero-order valence-corrected chi connectivity index (χ0v) is 20.9. The molecule has 0 unspecified atom stereocenters. The van der Waals surface area contributed by atoms with E-state index in [-0.39, 0.29) is 0 Å². The van der Waals surface area contributed by atoms with Gasteiger partial charge in [-0.1, -0.05) is 85.0 Å². The highest BCUT2D eigenvalue weighted by molar-refractivity contribution is 6.23. The highest BCUT2D eigenvalue weighted by Gasteiger charge is 2.19. The zero-order chi connectivity index (χ0) is 25.1. The lowest BCUT2D eigenvalue weighted by Gasteiger charge is -2.15. The molecule has 1 aliphatic rings. The van der Waals surface area contributed by atoms with E-state index in [9.17, 15) is 0 Å². The second-order valence-electron chi connectivity index (χ2n) is 10.1. The molecule has 2 heterocycles. The number of allylic oxidation sites excluding steroid dienone is 4. The van der Waals surface area contributed by atoms with Crippen molar-refractivity contribution in [3.8, 4) is 16.8 Å². The first kappa shape index (κ1) is 21.3. The van der Waals surface area contributed by atoms with E-state index in [1.807, 2.05) is 6.07 Å². The standard InChI is InChI=1S/C36H25NO/c1-3-11-24(12-4-1)26-21-27(25-13-5-2-6-14-25)23-28(22-26)37-32-17-9-7-16-31(32)35-33(37)20-19-30-29-15-8-10-18-34(29)38-36(30)35/h1,3-5,7-23H,2,6H2. The topological polar surface area (TPSA) is 18.1 Å². The number of hydrogen-bond acceptors (Lipinski definition) is 1. The lowest BCUT2D eigenvalue weighted by atomic mass is 9.95. The van der Waals surface area contributed by atoms with Gasteiger partial charge in [0.15, 0.2) is 0 Å². The van der Waals surface area contributed by atoms with Gasteiger partial charge in [-0.05, 0) is 77.6 Å². The first-order valence-electron chi connectivity index (χ1n) is 13.3. The molecular weight excluding hydrogens is 462 g/mol. The summed E-state index contributed by atoms with van der Waals surface area (Å²) in [6, 6.07) is 39.1. The smallest absolute Gasteiger partial charge is 0.145 e. The Balaban J connectivity index is 1.47. The summed E-state index contributed by atoms with van der Waals surface area (Å²) >= 11 is 0. The van der Waals surface area contributed by atoms with Gasteiger partial charge >= 0.3 is 0 Å². The average molecular weight is 488 g/mol. The number of hydrogen-bond donors (Lipinski definition) is 0. The molecule has 0 atom stereocenters. The summed E-state index contributed by atoms with van der Waals surface area (Å²) in [6.45, 7) is 0. The van der Waals surface area contributed by atoms with Crippen molar-refractivity contribution in [3.05, 3.63) is 133 Å². The molecule has 0 saturated heterocycles. The number of para-hydroxylation sites is 2. The van der Waals surface area contributed by atoms with Crippen LogP contribution in [0, 0.1) is 0 Å². The SMILES string of the molecule is C1=CC(c2cc(-c3ccccc3)cc(-n3c4ccccc4c4c5oc6ccccc6c5ccc43)c2)=CCC1. The second-order valence-corrected chi connectivity index (χ2v) is 10.1. The van der Waals surface area contributed by atoms with Crippen LogP contribution in [-0.4, -0.2) is 4.57 Å². The van der Waals surface area contributed by atoms with Crippen LogP contribution < -0.4 is 0 Å². The van der Waals surface area contributed by atoms with Crippen molar-refractivity contribution < 1.29 is 4.42 Å². The summed E-state index contributed by atoms with van der Waals surface area (Å²) in [5.41, 5.74) is 10.3. The largest absolute Gasteiger partial charge is 0.455 e. The van der Waals surface area contributed by atoms with E-state index in [2.05, 4.69) is 126 Å². The van der Waals surface area contributed by atoms with Gasteiger partial charge in [0, 0.05) is 21.8 Å². The van der Waals surface area contributed by atoms with E-state index in [1.165, 1.54) is 33.2 Å². The molecule has 8 rings (SSSR count). The fourth-order valence-corrected chi connectivity index (χ4v) is 6.04. The predicted octanol–water partition coefficient (Wildman–Crippen LogP) is 10.1. The van der Waals surface area contributed by atoms with Gasteiger partial charge in [-0.25, -0.2) is 0 Å². The summed E-state index contributed by atoms with van der Waals surface area (Å²) in [6.07, 6.45) is 9.09. The summed E-state index contributed by atoms with van der Waals surface area (Å²) in [5.74, 6) is 0. The van der Waals surface area contributed by atoms with Gasteiger partial charge in [0.25, 0.3) is 0 Å². The minimum Gasteiger partial charge on any atom is -0.455 e. The Morgan fingerprint density at radius 2 is 1.37 bits per heavy atom. The third-order valence-corrected chi connectivity index (χ3v) is 7.79. The summed E-state index contributed by atoms with van der Waals surface area (Å²) in [4.78, 5) is 0. The summed E-state index contributed by atoms with van der Waals surface area (Å²) in [5, 5.41) is 4.69. The van der Waals surface area contributed by atoms with Crippen molar-refractivity contribution in [3.63, 3.8) is 0 Å². The highest BCUT2D eigenvalue weighted by atomic mass is 16.3. The molecule has 0 radical (unpaired) electrons. The van der Waals surface area contributed by atoms with Crippen LogP contribution in [-0.2, 0) is 0 Å². The number of furan rings is 1. The Labute approximate surface area is 220 Å². The van der Waals surface area contributed by atoms with Crippen LogP contribution >= 0.6 is 0 Å². The number of fused-ring (bicyclic) bond motifs is 7. The molecule has 2 heteroatoms. The molecule has 5 aromatic carbocycles. The molecule has 38 heavy (non-hydrogen) atoms. The average Bonchev–Trinajstić information content (AvgIpc) is 3.53. The van der Waals surface area contributed by atoms with Crippen LogP contribution in [0.2, 0.25) is 0 Å². The normalized spacial score (nSPS) is 13.6. The third-order valence-electron chi connectivity index (χ3n) is 7.79. The zero-order valence-electron chi connectivity index (χ0n) is 20.9. The fraction of sp³-hybridized carbons (Fsp3) is 0.0556. The highest BCUT2D eigenvalue weighted by Crippen LogP contribution is 2.41. The monoisotopic (exact) mass is 487 g/mol. The lowest BCUT2D eigenvalue weighted by Crippen LogP contribution is -1.97. The van der Waals surface area contributed by atoms with Crippen LogP contribution in [0.1, 0.15) is 18.4 Å². The van der Waals surface area contributed by atoms with Gasteiger partial charge in [-0.3, -0.25) is 0 Å².